The monoisotopic (exact) mass is 438 g/mol. The highest BCUT2D eigenvalue weighted by Gasteiger charge is 2.20. The lowest BCUT2D eigenvalue weighted by molar-refractivity contribution is -0.112. The van der Waals surface area contributed by atoms with Gasteiger partial charge in [0.1, 0.15) is 17.3 Å². The van der Waals surface area contributed by atoms with Gasteiger partial charge in [-0.05, 0) is 32.1 Å². The van der Waals surface area contributed by atoms with Crippen molar-refractivity contribution < 1.29 is 4.79 Å². The van der Waals surface area contributed by atoms with Crippen molar-refractivity contribution in [2.24, 2.45) is 7.05 Å². The Bertz CT molecular complexity index is 1450. The van der Waals surface area contributed by atoms with Gasteiger partial charge in [-0.25, -0.2) is 4.68 Å². The number of aromatic nitrogens is 4. The molecule has 0 radical (unpaired) electrons. The van der Waals surface area contributed by atoms with Crippen LogP contribution in [-0.4, -0.2) is 25.5 Å². The van der Waals surface area contributed by atoms with Crippen LogP contribution in [0.15, 0.2) is 71.2 Å². The normalized spacial score (nSPS) is 11.3. The van der Waals surface area contributed by atoms with E-state index >= 15 is 0 Å². The molecule has 0 saturated carbocycles. The van der Waals surface area contributed by atoms with E-state index in [0.717, 1.165) is 11.1 Å². The number of para-hydroxylation sites is 1. The Morgan fingerprint density at radius 3 is 2.48 bits per heavy atom. The number of amides is 1. The van der Waals surface area contributed by atoms with Crippen LogP contribution in [0.25, 0.3) is 23.0 Å². The van der Waals surface area contributed by atoms with Gasteiger partial charge in [-0.15, -0.1) is 0 Å². The maximum Gasteiger partial charge on any atom is 0.295 e. The summed E-state index contributed by atoms with van der Waals surface area (Å²) in [7, 11) is 1.74. The number of aryl methyl sites for hydroxylation is 1. The van der Waals surface area contributed by atoms with Crippen molar-refractivity contribution in [3.8, 4) is 23.0 Å². The van der Waals surface area contributed by atoms with Crippen molar-refractivity contribution in [3.05, 3.63) is 93.5 Å². The van der Waals surface area contributed by atoms with E-state index in [2.05, 4.69) is 15.5 Å². The van der Waals surface area contributed by atoms with E-state index in [4.69, 9.17) is 0 Å². The van der Waals surface area contributed by atoms with Crippen LogP contribution in [0, 0.1) is 25.2 Å². The number of nitrogens with zero attached hydrogens (tertiary/aromatic N) is 4. The third-order valence-electron chi connectivity index (χ3n) is 5.47. The second-order valence-electron chi connectivity index (χ2n) is 7.63. The fourth-order valence-corrected chi connectivity index (χ4v) is 3.55. The summed E-state index contributed by atoms with van der Waals surface area (Å²) in [5, 5.41) is 19.2. The molecule has 8 heteroatoms. The summed E-state index contributed by atoms with van der Waals surface area (Å²) in [4.78, 5) is 26.0. The third kappa shape index (κ3) is 4.12. The second-order valence-corrected chi connectivity index (χ2v) is 7.63. The highest BCUT2D eigenvalue weighted by Crippen LogP contribution is 2.24. The van der Waals surface area contributed by atoms with Crippen molar-refractivity contribution in [1.82, 2.24) is 19.6 Å². The van der Waals surface area contributed by atoms with Crippen LogP contribution >= 0.6 is 0 Å². The molecule has 0 spiro atoms. The number of hydrogen-bond acceptors (Lipinski definition) is 4. The number of carbonyl (C=O) groups is 1. The molecule has 0 atom stereocenters. The number of anilines is 1. The molecular formula is C25H22N6O2. The number of benzene rings is 2. The van der Waals surface area contributed by atoms with Crippen molar-refractivity contribution in [1.29, 1.82) is 5.26 Å². The van der Waals surface area contributed by atoms with Crippen LogP contribution in [0.2, 0.25) is 0 Å². The second kappa shape index (κ2) is 8.85. The summed E-state index contributed by atoms with van der Waals surface area (Å²) in [6.07, 6.45) is 3.01. The van der Waals surface area contributed by atoms with Gasteiger partial charge in [-0.1, -0.05) is 48.0 Å². The van der Waals surface area contributed by atoms with Gasteiger partial charge in [0.2, 0.25) is 0 Å². The summed E-state index contributed by atoms with van der Waals surface area (Å²) in [5.41, 5.74) is 4.13. The molecule has 4 aromatic rings. The number of H-pyrrole nitrogens is 1. The molecule has 0 saturated heterocycles. The zero-order valence-electron chi connectivity index (χ0n) is 18.5. The lowest BCUT2D eigenvalue weighted by Crippen LogP contribution is -2.23. The molecule has 0 unspecified atom stereocenters. The van der Waals surface area contributed by atoms with E-state index in [1.54, 1.807) is 37.0 Å². The first-order valence-electron chi connectivity index (χ1n) is 10.3. The predicted molar refractivity (Wildman–Crippen MR) is 127 cm³/mol. The number of nitriles is 1. The molecular weight excluding hydrogens is 416 g/mol. The Kier molecular flexibility index (Phi) is 5.79. The topological polar surface area (TPSA) is 108 Å². The minimum atomic E-state index is -0.667. The van der Waals surface area contributed by atoms with E-state index in [0.29, 0.717) is 22.6 Å². The number of nitrogens with one attached hydrogen (secondary N) is 2. The minimum absolute atomic E-state index is 0.124. The molecule has 0 aliphatic rings. The SMILES string of the molecule is Cc1ccc(-c2[nH]ncc2/C=C(\C#N)C(=O)Nc2c(C)n(C)n(-c3ccccc3)c2=O)cc1. The first-order chi connectivity index (χ1) is 15.9. The Labute approximate surface area is 190 Å². The average molecular weight is 438 g/mol. The van der Waals surface area contributed by atoms with Gasteiger partial charge in [0.05, 0.1) is 23.3 Å². The predicted octanol–water partition coefficient (Wildman–Crippen LogP) is 3.73. The van der Waals surface area contributed by atoms with E-state index in [1.807, 2.05) is 55.5 Å². The summed E-state index contributed by atoms with van der Waals surface area (Å²) in [6, 6.07) is 18.9. The van der Waals surface area contributed by atoms with Gasteiger partial charge >= 0.3 is 0 Å². The van der Waals surface area contributed by atoms with Crippen LogP contribution in [-0.2, 0) is 11.8 Å². The zero-order valence-corrected chi connectivity index (χ0v) is 18.5. The van der Waals surface area contributed by atoms with Crippen LogP contribution in [0.4, 0.5) is 5.69 Å². The van der Waals surface area contributed by atoms with Gasteiger partial charge in [0, 0.05) is 18.2 Å². The summed E-state index contributed by atoms with van der Waals surface area (Å²) < 4.78 is 3.13. The van der Waals surface area contributed by atoms with E-state index in [-0.39, 0.29) is 16.8 Å². The smallest absolute Gasteiger partial charge is 0.295 e. The number of rotatable bonds is 5. The van der Waals surface area contributed by atoms with Crippen molar-refractivity contribution >= 4 is 17.7 Å². The largest absolute Gasteiger partial charge is 0.315 e. The van der Waals surface area contributed by atoms with Crippen molar-refractivity contribution in [2.75, 3.05) is 5.32 Å². The zero-order chi connectivity index (χ0) is 23.5. The third-order valence-corrected chi connectivity index (χ3v) is 5.47. The Morgan fingerprint density at radius 2 is 1.82 bits per heavy atom. The summed E-state index contributed by atoms with van der Waals surface area (Å²) in [6.45, 7) is 3.73. The Morgan fingerprint density at radius 1 is 1.12 bits per heavy atom. The van der Waals surface area contributed by atoms with Gasteiger partial charge in [0.25, 0.3) is 11.5 Å². The molecule has 8 nitrogen and oxygen atoms in total. The van der Waals surface area contributed by atoms with Crippen LogP contribution in [0.5, 0.6) is 0 Å². The molecule has 0 aliphatic carbocycles. The summed E-state index contributed by atoms with van der Waals surface area (Å²) >= 11 is 0. The molecule has 4 rings (SSSR count). The maximum atomic E-state index is 13.1. The molecule has 0 fully saturated rings. The van der Waals surface area contributed by atoms with Crippen LogP contribution in [0.3, 0.4) is 0 Å². The van der Waals surface area contributed by atoms with Crippen molar-refractivity contribution in [2.45, 2.75) is 13.8 Å². The Balaban J connectivity index is 1.67. The fourth-order valence-electron chi connectivity index (χ4n) is 3.55. The maximum absolute atomic E-state index is 13.1. The summed E-state index contributed by atoms with van der Waals surface area (Å²) in [5.74, 6) is -0.667. The standard InChI is InChI=1S/C25H22N6O2/c1-16-9-11-18(12-10-16)23-20(15-27-29-23)13-19(14-26)24(32)28-22-17(2)30(3)31(25(22)33)21-7-5-4-6-8-21/h4-13,15H,1-3H3,(H,27,29)(H,28,32)/b19-13+. The highest BCUT2D eigenvalue weighted by molar-refractivity contribution is 6.10. The first-order valence-corrected chi connectivity index (χ1v) is 10.3. The van der Waals surface area contributed by atoms with E-state index in [9.17, 15) is 14.9 Å². The number of aromatic amines is 1. The number of carbonyl (C=O) groups excluding carboxylic acids is 1. The quantitative estimate of drug-likeness (QED) is 0.366. The van der Waals surface area contributed by atoms with Crippen LogP contribution in [0.1, 0.15) is 16.8 Å². The number of hydrogen-bond donors (Lipinski definition) is 2. The highest BCUT2D eigenvalue weighted by atomic mass is 16.2. The molecule has 33 heavy (non-hydrogen) atoms. The lowest BCUT2D eigenvalue weighted by atomic mass is 10.0. The molecule has 2 aromatic heterocycles. The molecule has 164 valence electrons. The van der Waals surface area contributed by atoms with Crippen LogP contribution < -0.4 is 10.9 Å². The van der Waals surface area contributed by atoms with Gasteiger partial charge in [-0.2, -0.15) is 10.4 Å². The Hall–Kier alpha value is -4.64. The average Bonchev–Trinajstić information content (AvgIpc) is 3.37. The molecule has 2 N–H and O–H groups in total. The van der Waals surface area contributed by atoms with E-state index in [1.165, 1.54) is 10.8 Å². The van der Waals surface area contributed by atoms with Crippen molar-refractivity contribution in [3.63, 3.8) is 0 Å². The van der Waals surface area contributed by atoms with E-state index < -0.39 is 5.91 Å². The fraction of sp³-hybridized carbons (Fsp3) is 0.120. The minimum Gasteiger partial charge on any atom is -0.315 e. The molecule has 2 aromatic carbocycles. The molecule has 0 aliphatic heterocycles. The van der Waals surface area contributed by atoms with Gasteiger partial charge in [-0.3, -0.25) is 19.4 Å². The molecule has 2 heterocycles. The van der Waals surface area contributed by atoms with Gasteiger partial charge in [0.15, 0.2) is 0 Å². The molecule has 1 amide bonds. The van der Waals surface area contributed by atoms with Gasteiger partial charge < -0.3 is 5.32 Å². The molecule has 0 bridgehead atoms. The lowest BCUT2D eigenvalue weighted by Gasteiger charge is -2.07. The first kappa shape index (κ1) is 21.6.